The van der Waals surface area contributed by atoms with Crippen molar-refractivity contribution in [1.82, 2.24) is 0 Å². The topological polar surface area (TPSA) is 37.3 Å². The molecule has 0 radical (unpaired) electrons. The third-order valence-corrected chi connectivity index (χ3v) is 3.72. The predicted octanol–water partition coefficient (Wildman–Crippen LogP) is 3.18. The van der Waals surface area contributed by atoms with Crippen LogP contribution in [0.3, 0.4) is 0 Å². The Bertz CT molecular complexity index is 235. The van der Waals surface area contributed by atoms with Crippen molar-refractivity contribution in [2.24, 2.45) is 17.8 Å². The third-order valence-electron chi connectivity index (χ3n) is 3.72. The zero-order valence-corrected chi connectivity index (χ0v) is 11.1. The molecule has 0 aromatic rings. The lowest BCUT2D eigenvalue weighted by molar-refractivity contribution is -0.145. The van der Waals surface area contributed by atoms with Crippen molar-refractivity contribution < 1.29 is 9.90 Å². The van der Waals surface area contributed by atoms with Crippen molar-refractivity contribution in [3.8, 4) is 0 Å². The van der Waals surface area contributed by atoms with Gasteiger partial charge in [-0.1, -0.05) is 27.7 Å². The molecule has 0 atom stereocenters. The van der Waals surface area contributed by atoms with Gasteiger partial charge < -0.3 is 5.11 Å². The molecule has 0 bridgehead atoms. The van der Waals surface area contributed by atoms with Gasteiger partial charge in [0, 0.05) is 5.92 Å². The monoisotopic (exact) mass is 226 g/mol. The first-order valence-corrected chi connectivity index (χ1v) is 6.62. The summed E-state index contributed by atoms with van der Waals surface area (Å²) in [5.41, 5.74) is -1.01. The maximum atomic E-state index is 11.9. The van der Waals surface area contributed by atoms with E-state index in [1.165, 1.54) is 6.42 Å². The predicted molar refractivity (Wildman–Crippen MR) is 66.2 cm³/mol. The number of carbonyl (C=O) groups excluding carboxylic acids is 1. The Morgan fingerprint density at radius 1 is 1.25 bits per heavy atom. The van der Waals surface area contributed by atoms with Crippen LogP contribution in [0.15, 0.2) is 0 Å². The molecule has 1 aliphatic rings. The highest BCUT2D eigenvalue weighted by molar-refractivity contribution is 5.88. The van der Waals surface area contributed by atoms with Crippen LogP contribution in [0, 0.1) is 17.8 Å². The molecule has 94 valence electrons. The maximum Gasteiger partial charge on any atom is 0.166 e. The van der Waals surface area contributed by atoms with Crippen molar-refractivity contribution in [3.63, 3.8) is 0 Å². The van der Waals surface area contributed by atoms with Crippen LogP contribution >= 0.6 is 0 Å². The molecule has 0 aromatic carbocycles. The number of aliphatic hydroxyl groups is 1. The van der Waals surface area contributed by atoms with Gasteiger partial charge in [0.05, 0.1) is 0 Å². The molecule has 2 heteroatoms. The molecule has 0 saturated heterocycles. The highest BCUT2D eigenvalue weighted by Crippen LogP contribution is 2.36. The zero-order valence-electron chi connectivity index (χ0n) is 11.1. The summed E-state index contributed by atoms with van der Waals surface area (Å²) in [6.07, 6.45) is 4.58. The Morgan fingerprint density at radius 3 is 2.12 bits per heavy atom. The lowest BCUT2D eigenvalue weighted by atomic mass is 9.72. The summed E-state index contributed by atoms with van der Waals surface area (Å²) in [4.78, 5) is 11.9. The highest BCUT2D eigenvalue weighted by Gasteiger charge is 2.40. The second-order valence-electron chi connectivity index (χ2n) is 6.12. The molecule has 16 heavy (non-hydrogen) atoms. The van der Waals surface area contributed by atoms with Crippen LogP contribution in [0.1, 0.15) is 59.8 Å². The molecule has 2 nitrogen and oxygen atoms in total. The van der Waals surface area contributed by atoms with Gasteiger partial charge in [0.25, 0.3) is 0 Å². The molecule has 1 aliphatic carbocycles. The fourth-order valence-electron chi connectivity index (χ4n) is 2.84. The van der Waals surface area contributed by atoms with Gasteiger partial charge in [-0.05, 0) is 43.9 Å². The molecular formula is C14H26O2. The molecule has 0 aliphatic heterocycles. The van der Waals surface area contributed by atoms with Gasteiger partial charge in [0.2, 0.25) is 0 Å². The minimum absolute atomic E-state index is 0.0375. The van der Waals surface area contributed by atoms with Crippen LogP contribution in [0.4, 0.5) is 0 Å². The molecule has 1 rings (SSSR count). The van der Waals surface area contributed by atoms with Crippen LogP contribution in [0.2, 0.25) is 0 Å². The average Bonchev–Trinajstić information content (AvgIpc) is 2.20. The molecular weight excluding hydrogens is 200 g/mol. The van der Waals surface area contributed by atoms with E-state index in [-0.39, 0.29) is 11.7 Å². The fourth-order valence-corrected chi connectivity index (χ4v) is 2.84. The molecule has 0 aromatic heterocycles. The Labute approximate surface area is 99.4 Å². The average molecular weight is 226 g/mol. The van der Waals surface area contributed by atoms with Crippen molar-refractivity contribution in [2.75, 3.05) is 0 Å². The first-order chi connectivity index (χ1) is 7.35. The van der Waals surface area contributed by atoms with Gasteiger partial charge in [0.15, 0.2) is 5.78 Å². The third kappa shape index (κ3) is 3.31. The Hall–Kier alpha value is -0.370. The summed E-state index contributed by atoms with van der Waals surface area (Å²) in [5, 5.41) is 10.3. The van der Waals surface area contributed by atoms with Gasteiger partial charge in [-0.15, -0.1) is 0 Å². The SMILES string of the molecule is CC(C)CC1CCC(O)(C(=O)C(C)C)CC1. The number of Topliss-reactive ketones (excluding diaryl/α,β-unsaturated/α-hetero) is 1. The van der Waals surface area contributed by atoms with E-state index in [1.54, 1.807) is 0 Å². The maximum absolute atomic E-state index is 11.9. The first-order valence-electron chi connectivity index (χ1n) is 6.62. The van der Waals surface area contributed by atoms with Gasteiger partial charge in [-0.2, -0.15) is 0 Å². The van der Waals surface area contributed by atoms with Crippen LogP contribution in [-0.2, 0) is 4.79 Å². The van der Waals surface area contributed by atoms with E-state index >= 15 is 0 Å². The van der Waals surface area contributed by atoms with Gasteiger partial charge in [-0.25, -0.2) is 0 Å². The van der Waals surface area contributed by atoms with Crippen molar-refractivity contribution >= 4 is 5.78 Å². The van der Waals surface area contributed by atoms with Crippen molar-refractivity contribution in [1.29, 1.82) is 0 Å². The van der Waals surface area contributed by atoms with Crippen LogP contribution in [-0.4, -0.2) is 16.5 Å². The molecule has 0 amide bonds. The van der Waals surface area contributed by atoms with Crippen LogP contribution < -0.4 is 0 Å². The number of rotatable bonds is 4. The molecule has 1 fully saturated rings. The smallest absolute Gasteiger partial charge is 0.166 e. The number of carbonyl (C=O) groups is 1. The van der Waals surface area contributed by atoms with Crippen molar-refractivity contribution in [3.05, 3.63) is 0 Å². The molecule has 1 saturated carbocycles. The van der Waals surface area contributed by atoms with E-state index in [4.69, 9.17) is 0 Å². The quantitative estimate of drug-likeness (QED) is 0.799. The molecule has 0 heterocycles. The van der Waals surface area contributed by atoms with Gasteiger partial charge in [-0.3, -0.25) is 4.79 Å². The Morgan fingerprint density at radius 2 is 1.75 bits per heavy atom. The van der Waals surface area contributed by atoms with E-state index < -0.39 is 5.60 Å². The molecule has 0 unspecified atom stereocenters. The normalized spacial score (nSPS) is 31.1. The highest BCUT2D eigenvalue weighted by atomic mass is 16.3. The second-order valence-corrected chi connectivity index (χ2v) is 6.12. The summed E-state index contributed by atoms with van der Waals surface area (Å²) in [7, 11) is 0. The lowest BCUT2D eigenvalue weighted by Gasteiger charge is -2.36. The minimum Gasteiger partial charge on any atom is -0.382 e. The van der Waals surface area contributed by atoms with Crippen LogP contribution in [0.25, 0.3) is 0 Å². The van der Waals surface area contributed by atoms with Crippen molar-refractivity contribution in [2.45, 2.75) is 65.4 Å². The Balaban J connectivity index is 2.50. The number of hydrogen-bond donors (Lipinski definition) is 1. The van der Waals surface area contributed by atoms with E-state index in [9.17, 15) is 9.90 Å². The molecule has 0 spiro atoms. The summed E-state index contributed by atoms with van der Waals surface area (Å²) < 4.78 is 0. The number of hydrogen-bond acceptors (Lipinski definition) is 2. The fraction of sp³-hybridized carbons (Fsp3) is 0.929. The summed E-state index contributed by atoms with van der Waals surface area (Å²) in [6, 6.07) is 0. The minimum atomic E-state index is -1.01. The largest absolute Gasteiger partial charge is 0.382 e. The summed E-state index contributed by atoms with van der Waals surface area (Å²) in [6.45, 7) is 8.22. The standard InChI is InChI=1S/C14H26O2/c1-10(2)9-12-5-7-14(16,8-6-12)13(15)11(3)4/h10-12,16H,5-9H2,1-4H3. The van der Waals surface area contributed by atoms with Gasteiger partial charge in [0.1, 0.15) is 5.60 Å². The van der Waals surface area contributed by atoms with Crippen LogP contribution in [0.5, 0.6) is 0 Å². The second kappa shape index (κ2) is 5.31. The van der Waals surface area contributed by atoms with E-state index in [0.29, 0.717) is 18.8 Å². The molecule has 1 N–H and O–H groups in total. The Kier molecular flexibility index (Phi) is 4.54. The van der Waals surface area contributed by atoms with Gasteiger partial charge >= 0.3 is 0 Å². The lowest BCUT2D eigenvalue weighted by Crippen LogP contribution is -2.44. The van der Waals surface area contributed by atoms with E-state index in [0.717, 1.165) is 18.8 Å². The van der Waals surface area contributed by atoms with E-state index in [2.05, 4.69) is 13.8 Å². The summed E-state index contributed by atoms with van der Waals surface area (Å²) >= 11 is 0. The first kappa shape index (κ1) is 13.7. The number of ketones is 1. The zero-order chi connectivity index (χ0) is 12.3. The van der Waals surface area contributed by atoms with E-state index in [1.807, 2.05) is 13.8 Å². The summed E-state index contributed by atoms with van der Waals surface area (Å²) in [5.74, 6) is 1.42.